The highest BCUT2D eigenvalue weighted by Gasteiger charge is 2.17. The molecule has 0 aliphatic carbocycles. The minimum atomic E-state index is -0.910. The van der Waals surface area contributed by atoms with Crippen LogP contribution in [0.1, 0.15) is 22.8 Å². The second-order valence-electron chi connectivity index (χ2n) is 4.14. The third-order valence-electron chi connectivity index (χ3n) is 2.92. The number of halogens is 2. The fraction of sp³-hybridized carbons (Fsp3) is 0.133. The zero-order chi connectivity index (χ0) is 14.7. The van der Waals surface area contributed by atoms with E-state index in [0.717, 1.165) is 0 Å². The third kappa shape index (κ3) is 2.88. The molecule has 0 fully saturated rings. The topological polar surface area (TPSA) is 53.2 Å². The Morgan fingerprint density at radius 1 is 1.15 bits per heavy atom. The first-order valence-corrected chi connectivity index (χ1v) is 6.53. The monoisotopic (exact) mass is 307 g/mol. The fourth-order valence-electron chi connectivity index (χ4n) is 1.87. The van der Waals surface area contributed by atoms with Gasteiger partial charge in [0.05, 0.1) is 28.8 Å². The molecule has 0 saturated carbocycles. The molecule has 102 valence electrons. The van der Waals surface area contributed by atoms with Gasteiger partial charge in [0, 0.05) is 5.56 Å². The highest BCUT2D eigenvalue weighted by Crippen LogP contribution is 2.33. The van der Waals surface area contributed by atoms with Crippen LogP contribution in [0.25, 0.3) is 0 Å². The van der Waals surface area contributed by atoms with E-state index in [1.165, 1.54) is 7.11 Å². The maximum atomic E-state index is 10.4. The van der Waals surface area contributed by atoms with E-state index in [4.69, 9.17) is 33.2 Å². The van der Waals surface area contributed by atoms with Gasteiger partial charge < -0.3 is 9.84 Å². The molecule has 20 heavy (non-hydrogen) atoms. The largest absolute Gasteiger partial charge is 0.496 e. The van der Waals surface area contributed by atoms with Gasteiger partial charge in [-0.2, -0.15) is 5.26 Å². The molecule has 1 atom stereocenters. The number of ether oxygens (including phenoxy) is 1. The molecule has 2 aromatic rings. The summed E-state index contributed by atoms with van der Waals surface area (Å²) in [6.45, 7) is 0. The van der Waals surface area contributed by atoms with E-state index in [9.17, 15) is 5.11 Å². The second-order valence-corrected chi connectivity index (χ2v) is 4.96. The quantitative estimate of drug-likeness (QED) is 0.934. The molecule has 2 aromatic carbocycles. The summed E-state index contributed by atoms with van der Waals surface area (Å²) in [6, 6.07) is 11.8. The molecule has 0 saturated heterocycles. The van der Waals surface area contributed by atoms with Gasteiger partial charge in [0.1, 0.15) is 11.9 Å². The highest BCUT2D eigenvalue weighted by atomic mass is 35.5. The fourth-order valence-corrected chi connectivity index (χ4v) is 2.18. The van der Waals surface area contributed by atoms with Crippen molar-refractivity contribution < 1.29 is 9.84 Å². The third-order valence-corrected chi connectivity index (χ3v) is 3.66. The molecule has 1 N–H and O–H groups in total. The van der Waals surface area contributed by atoms with Gasteiger partial charge in [-0.15, -0.1) is 0 Å². The summed E-state index contributed by atoms with van der Waals surface area (Å²) in [5.41, 5.74) is 1.62. The smallest absolute Gasteiger partial charge is 0.126 e. The van der Waals surface area contributed by atoms with Crippen molar-refractivity contribution in [3.8, 4) is 11.8 Å². The average molecular weight is 308 g/mol. The van der Waals surface area contributed by atoms with Crippen LogP contribution >= 0.6 is 23.2 Å². The van der Waals surface area contributed by atoms with Gasteiger partial charge in [-0.3, -0.25) is 0 Å². The number of nitriles is 1. The average Bonchev–Trinajstić information content (AvgIpc) is 2.48. The zero-order valence-electron chi connectivity index (χ0n) is 10.6. The van der Waals surface area contributed by atoms with Crippen molar-refractivity contribution in [3.05, 3.63) is 63.1 Å². The first kappa shape index (κ1) is 14.7. The minimum Gasteiger partial charge on any atom is -0.496 e. The summed E-state index contributed by atoms with van der Waals surface area (Å²) in [5.74, 6) is 0.447. The van der Waals surface area contributed by atoms with Gasteiger partial charge in [-0.05, 0) is 29.8 Å². The lowest BCUT2D eigenvalue weighted by Gasteiger charge is -2.16. The number of rotatable bonds is 3. The van der Waals surface area contributed by atoms with Crippen molar-refractivity contribution in [1.82, 2.24) is 0 Å². The normalized spacial score (nSPS) is 11.8. The SMILES string of the molecule is COc1cc(C#N)ccc1[C@H](O)c1ccc(Cl)c(Cl)c1. The Labute approximate surface area is 126 Å². The molecule has 0 radical (unpaired) electrons. The van der Waals surface area contributed by atoms with E-state index < -0.39 is 6.10 Å². The van der Waals surface area contributed by atoms with Gasteiger partial charge >= 0.3 is 0 Å². The molecule has 0 bridgehead atoms. The van der Waals surface area contributed by atoms with Crippen molar-refractivity contribution in [2.24, 2.45) is 0 Å². The van der Waals surface area contributed by atoms with Crippen molar-refractivity contribution in [2.75, 3.05) is 7.11 Å². The second kappa shape index (κ2) is 6.15. The van der Waals surface area contributed by atoms with Crippen LogP contribution in [0.2, 0.25) is 10.0 Å². The van der Waals surface area contributed by atoms with Crippen molar-refractivity contribution in [2.45, 2.75) is 6.10 Å². The number of hydrogen-bond acceptors (Lipinski definition) is 3. The molecule has 0 spiro atoms. The Kier molecular flexibility index (Phi) is 4.51. The number of aliphatic hydroxyl groups excluding tert-OH is 1. The van der Waals surface area contributed by atoms with Crippen molar-refractivity contribution in [3.63, 3.8) is 0 Å². The number of hydrogen-bond donors (Lipinski definition) is 1. The predicted octanol–water partition coefficient (Wildman–Crippen LogP) is 3.96. The van der Waals surface area contributed by atoms with Gasteiger partial charge in [-0.1, -0.05) is 35.3 Å². The lowest BCUT2D eigenvalue weighted by Crippen LogP contribution is -2.03. The summed E-state index contributed by atoms with van der Waals surface area (Å²) >= 11 is 11.8. The van der Waals surface area contributed by atoms with Crippen LogP contribution in [-0.4, -0.2) is 12.2 Å². The molecule has 3 nitrogen and oxygen atoms in total. The Morgan fingerprint density at radius 2 is 1.90 bits per heavy atom. The van der Waals surface area contributed by atoms with Crippen LogP contribution in [0.3, 0.4) is 0 Å². The summed E-state index contributed by atoms with van der Waals surface area (Å²) < 4.78 is 5.21. The van der Waals surface area contributed by atoms with Gasteiger partial charge in [0.15, 0.2) is 0 Å². The van der Waals surface area contributed by atoms with Crippen molar-refractivity contribution >= 4 is 23.2 Å². The first-order valence-electron chi connectivity index (χ1n) is 5.78. The molecule has 0 aromatic heterocycles. The van der Waals surface area contributed by atoms with Gasteiger partial charge in [-0.25, -0.2) is 0 Å². The van der Waals surface area contributed by atoms with Crippen LogP contribution in [-0.2, 0) is 0 Å². The Balaban J connectivity index is 2.45. The molecule has 0 amide bonds. The lowest BCUT2D eigenvalue weighted by atomic mass is 9.99. The molecule has 0 aliphatic heterocycles. The van der Waals surface area contributed by atoms with Crippen LogP contribution in [0.15, 0.2) is 36.4 Å². The summed E-state index contributed by atoms with van der Waals surface area (Å²) in [5, 5.41) is 20.1. The molecule has 0 aliphatic rings. The standard InChI is InChI=1S/C15H11Cl2NO2/c1-20-14-6-9(8-18)2-4-11(14)15(19)10-3-5-12(16)13(17)7-10/h2-7,15,19H,1H3/t15-/m1/s1. The van der Waals surface area contributed by atoms with Gasteiger partial charge in [0.25, 0.3) is 0 Å². The van der Waals surface area contributed by atoms with Crippen molar-refractivity contribution in [1.29, 1.82) is 5.26 Å². The lowest BCUT2D eigenvalue weighted by molar-refractivity contribution is 0.214. The van der Waals surface area contributed by atoms with E-state index in [2.05, 4.69) is 0 Å². The van der Waals surface area contributed by atoms with Crippen LogP contribution in [0, 0.1) is 11.3 Å². The molecule has 5 heteroatoms. The van der Waals surface area contributed by atoms with Crippen LogP contribution in [0.5, 0.6) is 5.75 Å². The van der Waals surface area contributed by atoms with Gasteiger partial charge in [0.2, 0.25) is 0 Å². The number of aliphatic hydroxyl groups is 1. The summed E-state index contributed by atoms with van der Waals surface area (Å²) in [7, 11) is 1.49. The maximum absolute atomic E-state index is 10.4. The summed E-state index contributed by atoms with van der Waals surface area (Å²) in [4.78, 5) is 0. The number of benzene rings is 2. The number of methoxy groups -OCH3 is 1. The minimum absolute atomic E-state index is 0.371. The predicted molar refractivity (Wildman–Crippen MR) is 78.2 cm³/mol. The zero-order valence-corrected chi connectivity index (χ0v) is 12.1. The highest BCUT2D eigenvalue weighted by molar-refractivity contribution is 6.42. The number of nitrogens with zero attached hydrogens (tertiary/aromatic N) is 1. The van der Waals surface area contributed by atoms with Crippen LogP contribution < -0.4 is 4.74 Å². The molecule has 2 rings (SSSR count). The van der Waals surface area contributed by atoms with E-state index in [0.29, 0.717) is 32.5 Å². The molecule has 0 heterocycles. The Hall–Kier alpha value is -1.73. The Morgan fingerprint density at radius 3 is 2.50 bits per heavy atom. The van der Waals surface area contributed by atoms with E-state index in [1.54, 1.807) is 36.4 Å². The van der Waals surface area contributed by atoms with Crippen LogP contribution in [0.4, 0.5) is 0 Å². The summed E-state index contributed by atoms with van der Waals surface area (Å²) in [6.07, 6.45) is -0.910. The van der Waals surface area contributed by atoms with E-state index >= 15 is 0 Å². The molecule has 0 unspecified atom stereocenters. The van der Waals surface area contributed by atoms with E-state index in [1.807, 2.05) is 6.07 Å². The first-order chi connectivity index (χ1) is 9.56. The molecular formula is C15H11Cl2NO2. The Bertz CT molecular complexity index is 680. The molecular weight excluding hydrogens is 297 g/mol. The maximum Gasteiger partial charge on any atom is 0.126 e. The van der Waals surface area contributed by atoms with E-state index in [-0.39, 0.29) is 0 Å².